The van der Waals surface area contributed by atoms with Gasteiger partial charge in [-0.05, 0) is 37.4 Å². The van der Waals surface area contributed by atoms with Crippen LogP contribution in [-0.2, 0) is 0 Å². The predicted octanol–water partition coefficient (Wildman–Crippen LogP) is 2.20. The number of nitrogens with two attached hydrogens (primary N) is 1. The fraction of sp³-hybridized carbons (Fsp3) is 0.462. The van der Waals surface area contributed by atoms with Crippen LogP contribution < -0.4 is 5.73 Å². The van der Waals surface area contributed by atoms with E-state index >= 15 is 0 Å². The first-order chi connectivity index (χ1) is 8.63. The second-order valence-electron chi connectivity index (χ2n) is 4.59. The van der Waals surface area contributed by atoms with E-state index in [1.165, 1.54) is 11.0 Å². The monoisotopic (exact) mass is 290 g/mol. The number of amides is 1. The lowest BCUT2D eigenvalue weighted by Crippen LogP contribution is -2.42. The van der Waals surface area contributed by atoms with Crippen molar-refractivity contribution in [3.8, 4) is 0 Å². The van der Waals surface area contributed by atoms with Crippen LogP contribution in [-0.4, -0.2) is 30.4 Å². The van der Waals surface area contributed by atoms with Gasteiger partial charge in [0.25, 0.3) is 5.91 Å². The number of carbonyl (C=O) groups is 1. The molecule has 0 spiro atoms. The Morgan fingerprint density at radius 3 is 2.58 bits per heavy atom. The number of piperidine rings is 1. The third-order valence-corrected chi connectivity index (χ3v) is 3.32. The molecule has 0 aromatic heterocycles. The molecule has 0 radical (unpaired) electrons. The molecular weight excluding hydrogens is 274 g/mol. The van der Waals surface area contributed by atoms with Crippen LogP contribution in [0.4, 0.5) is 8.78 Å². The van der Waals surface area contributed by atoms with Gasteiger partial charge in [0.05, 0.1) is 0 Å². The number of benzene rings is 1. The van der Waals surface area contributed by atoms with Crippen molar-refractivity contribution in [2.45, 2.75) is 12.8 Å². The highest BCUT2D eigenvalue weighted by Crippen LogP contribution is 2.20. The van der Waals surface area contributed by atoms with E-state index in [1.807, 2.05) is 0 Å². The number of halogens is 3. The minimum absolute atomic E-state index is 0. The van der Waals surface area contributed by atoms with Crippen molar-refractivity contribution in [2.75, 3.05) is 19.6 Å². The lowest BCUT2D eigenvalue weighted by molar-refractivity contribution is 0.0668. The number of rotatable bonds is 2. The first-order valence-electron chi connectivity index (χ1n) is 6.07. The van der Waals surface area contributed by atoms with Crippen LogP contribution in [0.15, 0.2) is 18.2 Å². The van der Waals surface area contributed by atoms with Crippen molar-refractivity contribution in [1.82, 2.24) is 4.90 Å². The summed E-state index contributed by atoms with van der Waals surface area (Å²) in [5, 5.41) is 0. The summed E-state index contributed by atoms with van der Waals surface area (Å²) in [5.41, 5.74) is 5.12. The normalized spacial score (nSPS) is 18.9. The summed E-state index contributed by atoms with van der Waals surface area (Å²) in [5.74, 6) is -1.98. The fourth-order valence-electron chi connectivity index (χ4n) is 2.30. The van der Waals surface area contributed by atoms with Crippen molar-refractivity contribution in [3.05, 3.63) is 35.4 Å². The molecule has 2 rings (SSSR count). The maximum absolute atomic E-state index is 13.5. The van der Waals surface area contributed by atoms with Crippen molar-refractivity contribution in [3.63, 3.8) is 0 Å². The molecule has 1 aromatic carbocycles. The number of hydrogen-bond acceptors (Lipinski definition) is 2. The lowest BCUT2D eigenvalue weighted by Gasteiger charge is -2.32. The Morgan fingerprint density at radius 2 is 2.00 bits per heavy atom. The zero-order valence-corrected chi connectivity index (χ0v) is 11.3. The predicted molar refractivity (Wildman–Crippen MR) is 71.3 cm³/mol. The van der Waals surface area contributed by atoms with E-state index in [0.29, 0.717) is 19.6 Å². The van der Waals surface area contributed by atoms with Gasteiger partial charge in [-0.1, -0.05) is 6.07 Å². The largest absolute Gasteiger partial charge is 0.338 e. The van der Waals surface area contributed by atoms with Gasteiger partial charge in [0.2, 0.25) is 0 Å². The Bertz CT molecular complexity index is 436. The molecule has 6 heteroatoms. The number of hydrogen-bond donors (Lipinski definition) is 1. The van der Waals surface area contributed by atoms with Crippen molar-refractivity contribution >= 4 is 18.3 Å². The van der Waals surface area contributed by atoms with Crippen LogP contribution in [0.2, 0.25) is 0 Å². The number of carbonyl (C=O) groups excluding carboxylic acids is 1. The summed E-state index contributed by atoms with van der Waals surface area (Å²) >= 11 is 0. The average Bonchev–Trinajstić information content (AvgIpc) is 2.38. The van der Waals surface area contributed by atoms with Gasteiger partial charge in [0.15, 0.2) is 0 Å². The molecule has 1 aliphatic rings. The third kappa shape index (κ3) is 3.42. The van der Waals surface area contributed by atoms with Gasteiger partial charge in [-0.15, -0.1) is 12.4 Å². The van der Waals surface area contributed by atoms with Crippen LogP contribution in [0.1, 0.15) is 23.2 Å². The van der Waals surface area contributed by atoms with Crippen LogP contribution in [0, 0.1) is 17.6 Å². The first kappa shape index (κ1) is 15.9. The highest BCUT2D eigenvalue weighted by molar-refractivity contribution is 5.94. The Labute approximate surface area is 117 Å². The molecule has 0 bridgehead atoms. The molecule has 1 saturated heterocycles. The van der Waals surface area contributed by atoms with E-state index < -0.39 is 23.1 Å². The van der Waals surface area contributed by atoms with Gasteiger partial charge in [0.1, 0.15) is 17.2 Å². The molecule has 1 fully saturated rings. The van der Waals surface area contributed by atoms with E-state index in [9.17, 15) is 13.6 Å². The summed E-state index contributed by atoms with van der Waals surface area (Å²) in [7, 11) is 0. The van der Waals surface area contributed by atoms with E-state index in [0.717, 1.165) is 25.0 Å². The number of likely N-dealkylation sites (tertiary alicyclic amines) is 1. The summed E-state index contributed by atoms with van der Waals surface area (Å²) in [4.78, 5) is 13.6. The molecule has 1 aromatic rings. The molecule has 2 N–H and O–H groups in total. The van der Waals surface area contributed by atoms with Gasteiger partial charge in [-0.25, -0.2) is 8.78 Å². The second-order valence-corrected chi connectivity index (χ2v) is 4.59. The maximum Gasteiger partial charge on any atom is 0.259 e. The molecule has 0 saturated carbocycles. The summed E-state index contributed by atoms with van der Waals surface area (Å²) in [6.07, 6.45) is 1.78. The van der Waals surface area contributed by atoms with Crippen molar-refractivity contribution in [1.29, 1.82) is 0 Å². The van der Waals surface area contributed by atoms with Crippen molar-refractivity contribution < 1.29 is 13.6 Å². The Morgan fingerprint density at radius 1 is 1.37 bits per heavy atom. The van der Waals surface area contributed by atoms with Gasteiger partial charge in [0, 0.05) is 13.1 Å². The molecule has 1 atom stereocenters. The third-order valence-electron chi connectivity index (χ3n) is 3.32. The molecule has 106 valence electrons. The maximum atomic E-state index is 13.5. The standard InChI is InChI=1S/C13H16F2N2O.ClH/c14-10-4-1-5-11(15)12(10)13(18)17-6-2-3-9(7-16)8-17;/h1,4-5,9H,2-3,6-8,16H2;1H. The van der Waals surface area contributed by atoms with Crippen LogP contribution in [0.3, 0.4) is 0 Å². The van der Waals surface area contributed by atoms with Gasteiger partial charge >= 0.3 is 0 Å². The highest BCUT2D eigenvalue weighted by Gasteiger charge is 2.27. The number of nitrogens with zero attached hydrogens (tertiary/aromatic N) is 1. The molecule has 0 aliphatic carbocycles. The molecule has 1 unspecified atom stereocenters. The molecule has 1 aliphatic heterocycles. The van der Waals surface area contributed by atoms with E-state index in [4.69, 9.17) is 5.73 Å². The SMILES string of the molecule is Cl.NCC1CCCN(C(=O)c2c(F)cccc2F)C1. The minimum Gasteiger partial charge on any atom is -0.338 e. The zero-order valence-electron chi connectivity index (χ0n) is 10.4. The van der Waals surface area contributed by atoms with Crippen LogP contribution >= 0.6 is 12.4 Å². The second kappa shape index (κ2) is 6.82. The smallest absolute Gasteiger partial charge is 0.259 e. The molecular formula is C13H17ClF2N2O. The zero-order chi connectivity index (χ0) is 13.1. The quantitative estimate of drug-likeness (QED) is 0.907. The van der Waals surface area contributed by atoms with Crippen LogP contribution in [0.5, 0.6) is 0 Å². The van der Waals surface area contributed by atoms with Crippen molar-refractivity contribution in [2.24, 2.45) is 11.7 Å². The average molecular weight is 291 g/mol. The Hall–Kier alpha value is -1.20. The van der Waals surface area contributed by atoms with Gasteiger partial charge < -0.3 is 10.6 Å². The summed E-state index contributed by atoms with van der Waals surface area (Å²) in [6, 6.07) is 3.45. The molecule has 19 heavy (non-hydrogen) atoms. The van der Waals surface area contributed by atoms with Gasteiger partial charge in [-0.2, -0.15) is 0 Å². The Balaban J connectivity index is 0.00000180. The fourth-order valence-corrected chi connectivity index (χ4v) is 2.30. The minimum atomic E-state index is -0.810. The Kier molecular flexibility index (Phi) is 5.69. The highest BCUT2D eigenvalue weighted by atomic mass is 35.5. The summed E-state index contributed by atoms with van der Waals surface area (Å²) in [6.45, 7) is 1.50. The lowest BCUT2D eigenvalue weighted by atomic mass is 9.97. The first-order valence-corrected chi connectivity index (χ1v) is 6.07. The van der Waals surface area contributed by atoms with Gasteiger partial charge in [-0.3, -0.25) is 4.79 Å². The molecule has 1 heterocycles. The molecule has 1 amide bonds. The van der Waals surface area contributed by atoms with Crippen LogP contribution in [0.25, 0.3) is 0 Å². The summed E-state index contributed by atoms with van der Waals surface area (Å²) < 4.78 is 27.0. The molecule has 3 nitrogen and oxygen atoms in total. The van der Waals surface area contributed by atoms with E-state index in [2.05, 4.69) is 0 Å². The van der Waals surface area contributed by atoms with E-state index in [-0.39, 0.29) is 18.3 Å². The van der Waals surface area contributed by atoms with E-state index in [1.54, 1.807) is 0 Å². The topological polar surface area (TPSA) is 46.3 Å².